The van der Waals surface area contributed by atoms with Crippen molar-refractivity contribution in [2.24, 2.45) is 5.73 Å². The van der Waals surface area contributed by atoms with E-state index in [1.807, 2.05) is 0 Å². The normalized spacial score (nSPS) is 24.0. The lowest BCUT2D eigenvalue weighted by molar-refractivity contribution is -0.137. The molecule has 5 nitrogen and oxygen atoms in total. The highest BCUT2D eigenvalue weighted by molar-refractivity contribution is 5.87. The van der Waals surface area contributed by atoms with Crippen molar-refractivity contribution in [2.45, 2.75) is 57.6 Å². The number of unbranched alkanes of at least 4 members (excludes halogenated alkanes) is 3. The van der Waals surface area contributed by atoms with Gasteiger partial charge in [-0.1, -0.05) is 26.2 Å². The van der Waals surface area contributed by atoms with Crippen LogP contribution >= 0.6 is 0 Å². The summed E-state index contributed by atoms with van der Waals surface area (Å²) in [5, 5.41) is 9.48. The van der Waals surface area contributed by atoms with Gasteiger partial charge in [-0.15, -0.1) is 0 Å². The molecule has 0 aromatic carbocycles. The summed E-state index contributed by atoms with van der Waals surface area (Å²) in [6, 6.07) is -0.622. The van der Waals surface area contributed by atoms with Crippen LogP contribution < -0.4 is 5.73 Å². The molecule has 98 valence electrons. The van der Waals surface area contributed by atoms with Gasteiger partial charge in [0.1, 0.15) is 6.04 Å². The molecule has 0 saturated carbocycles. The van der Waals surface area contributed by atoms with Crippen LogP contribution in [0.4, 0.5) is 0 Å². The van der Waals surface area contributed by atoms with Gasteiger partial charge in [-0.05, 0) is 6.42 Å². The molecule has 0 aliphatic carbocycles. The molecule has 5 heteroatoms. The Bertz CT molecular complexity index is 281. The van der Waals surface area contributed by atoms with Gasteiger partial charge in [0.2, 0.25) is 11.8 Å². The molecule has 0 spiro atoms. The Morgan fingerprint density at radius 1 is 1.35 bits per heavy atom. The number of carbonyl (C=O) groups is 2. The number of hydrogen-bond acceptors (Lipinski definition) is 3. The number of likely N-dealkylation sites (tertiary alicyclic amines) is 1. The summed E-state index contributed by atoms with van der Waals surface area (Å²) in [6.07, 6.45) is 4.21. The molecule has 17 heavy (non-hydrogen) atoms. The highest BCUT2D eigenvalue weighted by atomic mass is 16.3. The van der Waals surface area contributed by atoms with Crippen molar-refractivity contribution < 1.29 is 14.7 Å². The fourth-order valence-electron chi connectivity index (χ4n) is 2.21. The second-order valence-electron chi connectivity index (χ2n) is 4.66. The van der Waals surface area contributed by atoms with Gasteiger partial charge in [0.25, 0.3) is 0 Å². The van der Waals surface area contributed by atoms with Crippen molar-refractivity contribution in [1.82, 2.24) is 4.90 Å². The molecule has 1 saturated heterocycles. The molecule has 1 aliphatic rings. The maximum absolute atomic E-state index is 11.9. The SMILES string of the molecule is CCCCCCC(=O)N1CC(O)CC1C(N)=O. The Kier molecular flexibility index (Phi) is 5.41. The van der Waals surface area contributed by atoms with E-state index in [9.17, 15) is 14.7 Å². The molecule has 0 bridgehead atoms. The summed E-state index contributed by atoms with van der Waals surface area (Å²) in [5.41, 5.74) is 5.22. The first-order valence-electron chi connectivity index (χ1n) is 6.33. The smallest absolute Gasteiger partial charge is 0.240 e. The van der Waals surface area contributed by atoms with Gasteiger partial charge in [0, 0.05) is 19.4 Å². The maximum atomic E-state index is 11.9. The number of rotatable bonds is 6. The topological polar surface area (TPSA) is 83.6 Å². The van der Waals surface area contributed by atoms with E-state index in [1.54, 1.807) is 0 Å². The molecule has 0 radical (unpaired) electrons. The van der Waals surface area contributed by atoms with Gasteiger partial charge >= 0.3 is 0 Å². The van der Waals surface area contributed by atoms with Gasteiger partial charge < -0.3 is 15.7 Å². The molecule has 2 atom stereocenters. The Balaban J connectivity index is 2.41. The summed E-state index contributed by atoms with van der Waals surface area (Å²) in [7, 11) is 0. The summed E-state index contributed by atoms with van der Waals surface area (Å²) in [4.78, 5) is 24.5. The first-order chi connectivity index (χ1) is 8.06. The first kappa shape index (κ1) is 14.0. The predicted molar refractivity (Wildman–Crippen MR) is 64.1 cm³/mol. The Morgan fingerprint density at radius 3 is 2.65 bits per heavy atom. The van der Waals surface area contributed by atoms with Crippen LogP contribution in [0.25, 0.3) is 0 Å². The van der Waals surface area contributed by atoms with Crippen LogP contribution in [0.5, 0.6) is 0 Å². The van der Waals surface area contributed by atoms with Gasteiger partial charge in [-0.3, -0.25) is 9.59 Å². The van der Waals surface area contributed by atoms with Crippen LogP contribution in [-0.4, -0.2) is 40.5 Å². The summed E-state index contributed by atoms with van der Waals surface area (Å²) < 4.78 is 0. The van der Waals surface area contributed by atoms with E-state index in [2.05, 4.69) is 6.92 Å². The third kappa shape index (κ3) is 4.00. The van der Waals surface area contributed by atoms with Gasteiger partial charge in [0.15, 0.2) is 0 Å². The van der Waals surface area contributed by atoms with Crippen molar-refractivity contribution in [3.63, 3.8) is 0 Å². The lowest BCUT2D eigenvalue weighted by atomic mass is 10.1. The van der Waals surface area contributed by atoms with Crippen molar-refractivity contribution in [2.75, 3.05) is 6.54 Å². The molecule has 0 aromatic heterocycles. The van der Waals surface area contributed by atoms with E-state index < -0.39 is 18.1 Å². The number of primary amides is 1. The highest BCUT2D eigenvalue weighted by Crippen LogP contribution is 2.19. The number of amides is 2. The van der Waals surface area contributed by atoms with Crippen LogP contribution in [0.3, 0.4) is 0 Å². The largest absolute Gasteiger partial charge is 0.391 e. The van der Waals surface area contributed by atoms with Crippen LogP contribution in [-0.2, 0) is 9.59 Å². The van der Waals surface area contributed by atoms with Crippen molar-refractivity contribution in [3.8, 4) is 0 Å². The number of β-amino-alcohol motifs (C(OH)–C–C–N with tert-alkyl or cyclic N) is 1. The average Bonchev–Trinajstić information content (AvgIpc) is 2.66. The zero-order chi connectivity index (χ0) is 12.8. The molecule has 3 N–H and O–H groups in total. The van der Waals surface area contributed by atoms with Crippen molar-refractivity contribution >= 4 is 11.8 Å². The van der Waals surface area contributed by atoms with Crippen LogP contribution in [0.2, 0.25) is 0 Å². The summed E-state index contributed by atoms with van der Waals surface area (Å²) in [6.45, 7) is 2.35. The molecule has 1 rings (SSSR count). The third-order valence-corrected chi connectivity index (χ3v) is 3.17. The first-order valence-corrected chi connectivity index (χ1v) is 6.33. The molecule has 1 heterocycles. The zero-order valence-electron chi connectivity index (χ0n) is 10.4. The van der Waals surface area contributed by atoms with E-state index in [-0.39, 0.29) is 18.9 Å². The number of carbonyl (C=O) groups excluding carboxylic acids is 2. The average molecular weight is 242 g/mol. The van der Waals surface area contributed by atoms with Gasteiger partial charge in [0.05, 0.1) is 6.10 Å². The fraction of sp³-hybridized carbons (Fsp3) is 0.833. The second kappa shape index (κ2) is 6.59. The molecule has 1 fully saturated rings. The van der Waals surface area contributed by atoms with Crippen LogP contribution in [0.1, 0.15) is 45.4 Å². The minimum atomic E-state index is -0.622. The third-order valence-electron chi connectivity index (χ3n) is 3.17. The van der Waals surface area contributed by atoms with Crippen molar-refractivity contribution in [3.05, 3.63) is 0 Å². The zero-order valence-corrected chi connectivity index (χ0v) is 10.4. The number of nitrogens with zero attached hydrogens (tertiary/aromatic N) is 1. The second-order valence-corrected chi connectivity index (χ2v) is 4.66. The van der Waals surface area contributed by atoms with E-state index in [0.29, 0.717) is 6.42 Å². The Morgan fingerprint density at radius 2 is 2.06 bits per heavy atom. The fourth-order valence-corrected chi connectivity index (χ4v) is 2.21. The van der Waals surface area contributed by atoms with E-state index in [4.69, 9.17) is 5.73 Å². The molecule has 2 unspecified atom stereocenters. The number of nitrogens with two attached hydrogens (primary N) is 1. The van der Waals surface area contributed by atoms with Gasteiger partial charge in [-0.25, -0.2) is 0 Å². The van der Waals surface area contributed by atoms with E-state index in [0.717, 1.165) is 25.7 Å². The van der Waals surface area contributed by atoms with E-state index >= 15 is 0 Å². The minimum Gasteiger partial charge on any atom is -0.391 e. The number of aliphatic hydroxyl groups is 1. The monoisotopic (exact) mass is 242 g/mol. The predicted octanol–water partition coefficient (Wildman–Crippen LogP) is 0.404. The molecule has 0 aromatic rings. The van der Waals surface area contributed by atoms with Crippen LogP contribution in [0, 0.1) is 0 Å². The van der Waals surface area contributed by atoms with Crippen LogP contribution in [0.15, 0.2) is 0 Å². The molecule has 2 amide bonds. The number of aliphatic hydroxyl groups excluding tert-OH is 1. The summed E-state index contributed by atoms with van der Waals surface area (Å²) >= 11 is 0. The molecular formula is C12H22N2O3. The summed E-state index contributed by atoms with van der Waals surface area (Å²) in [5.74, 6) is -0.593. The minimum absolute atomic E-state index is 0.0681. The standard InChI is InChI=1S/C12H22N2O3/c1-2-3-4-5-6-11(16)14-8-9(15)7-10(14)12(13)17/h9-10,15H,2-8H2,1H3,(H2,13,17). The maximum Gasteiger partial charge on any atom is 0.240 e. The highest BCUT2D eigenvalue weighted by Gasteiger charge is 2.37. The van der Waals surface area contributed by atoms with Gasteiger partial charge in [-0.2, -0.15) is 0 Å². The molecule has 1 aliphatic heterocycles. The Labute approximate surface area is 102 Å². The lowest BCUT2D eigenvalue weighted by Gasteiger charge is -2.21. The number of hydrogen-bond donors (Lipinski definition) is 2. The Hall–Kier alpha value is -1.10. The lowest BCUT2D eigenvalue weighted by Crippen LogP contribution is -2.43. The molecular weight excluding hydrogens is 220 g/mol. The van der Waals surface area contributed by atoms with E-state index in [1.165, 1.54) is 4.90 Å². The quantitative estimate of drug-likeness (QED) is 0.661. The van der Waals surface area contributed by atoms with Crippen molar-refractivity contribution in [1.29, 1.82) is 0 Å².